The zero-order valence-electron chi connectivity index (χ0n) is 11.7. The highest BCUT2D eigenvalue weighted by atomic mass is 79.9. The lowest BCUT2D eigenvalue weighted by molar-refractivity contribution is 0.0391. The smallest absolute Gasteiger partial charge is 0.196 e. The molecule has 3 saturated heterocycles. The lowest BCUT2D eigenvalue weighted by Gasteiger charge is -2.55. The second-order valence-corrected chi connectivity index (χ2v) is 7.52. The summed E-state index contributed by atoms with van der Waals surface area (Å²) in [6.07, 6.45) is 2.49. The van der Waals surface area contributed by atoms with E-state index in [9.17, 15) is 0 Å². The maximum atomic E-state index is 6.25. The van der Waals surface area contributed by atoms with Gasteiger partial charge in [-0.2, -0.15) is 0 Å². The minimum Gasteiger partial charge on any atom is -0.369 e. The summed E-state index contributed by atoms with van der Waals surface area (Å²) in [6.45, 7) is 4.29. The van der Waals surface area contributed by atoms with Crippen LogP contribution in [-0.4, -0.2) is 42.6 Å². The van der Waals surface area contributed by atoms with Crippen molar-refractivity contribution in [1.82, 2.24) is 4.90 Å². The Morgan fingerprint density at radius 3 is 2.71 bits per heavy atom. The molecule has 2 bridgehead atoms. The summed E-state index contributed by atoms with van der Waals surface area (Å²) in [7, 11) is 0. The number of hydrogen-bond acceptors (Lipinski definition) is 4. The largest absolute Gasteiger partial charge is 0.369 e. The number of rotatable bonds is 1. The van der Waals surface area contributed by atoms with E-state index in [-0.39, 0.29) is 5.54 Å². The number of hydrogen-bond donors (Lipinski definition) is 1. The van der Waals surface area contributed by atoms with E-state index in [1.54, 1.807) is 0 Å². The highest BCUT2D eigenvalue weighted by molar-refractivity contribution is 9.10. The SMILES string of the molecule is NC1=NCC2(CN3CCC2CC3)N1c1ccc(Cl)c(Br)c1. The Kier molecular flexibility index (Phi) is 3.21. The van der Waals surface area contributed by atoms with Crippen LogP contribution in [0.2, 0.25) is 5.02 Å². The van der Waals surface area contributed by atoms with Crippen molar-refractivity contribution in [3.63, 3.8) is 0 Å². The summed E-state index contributed by atoms with van der Waals surface area (Å²) in [5, 5.41) is 0.719. The molecule has 0 saturated carbocycles. The first-order chi connectivity index (χ1) is 10.1. The third-order valence-corrected chi connectivity index (χ3v) is 6.41. The number of aliphatic imine (C=N–C) groups is 1. The molecule has 0 amide bonds. The molecule has 1 unspecified atom stereocenters. The predicted molar refractivity (Wildman–Crippen MR) is 90.0 cm³/mol. The van der Waals surface area contributed by atoms with Crippen molar-refractivity contribution in [2.24, 2.45) is 16.6 Å². The third-order valence-electron chi connectivity index (χ3n) is 5.20. The zero-order chi connectivity index (χ0) is 14.6. The highest BCUT2D eigenvalue weighted by Crippen LogP contribution is 2.44. The molecule has 1 spiro atoms. The second kappa shape index (κ2) is 4.86. The van der Waals surface area contributed by atoms with Crippen LogP contribution in [0.4, 0.5) is 5.69 Å². The van der Waals surface area contributed by atoms with Crippen molar-refractivity contribution < 1.29 is 0 Å². The molecule has 3 fully saturated rings. The van der Waals surface area contributed by atoms with Gasteiger partial charge in [0.05, 0.1) is 17.1 Å². The number of benzene rings is 1. The average molecular weight is 370 g/mol. The minimum absolute atomic E-state index is 0.0356. The fourth-order valence-electron chi connectivity index (χ4n) is 4.18. The van der Waals surface area contributed by atoms with Crippen molar-refractivity contribution in [2.75, 3.05) is 31.1 Å². The molecule has 1 atom stereocenters. The fourth-order valence-corrected chi connectivity index (χ4v) is 4.66. The van der Waals surface area contributed by atoms with Crippen LogP contribution in [0, 0.1) is 5.92 Å². The number of anilines is 1. The zero-order valence-corrected chi connectivity index (χ0v) is 14.1. The van der Waals surface area contributed by atoms with Crippen LogP contribution in [0.15, 0.2) is 27.7 Å². The Morgan fingerprint density at radius 1 is 1.33 bits per heavy atom. The molecule has 112 valence electrons. The Morgan fingerprint density at radius 2 is 2.10 bits per heavy atom. The average Bonchev–Trinajstić information content (AvgIpc) is 2.80. The minimum atomic E-state index is 0.0356. The standard InChI is InChI=1S/C15H18BrClN4/c16-12-7-11(1-2-13(12)17)21-14(18)19-8-15(21)9-20-5-3-10(15)4-6-20/h1-2,7,10H,3-6,8-9H2,(H2,18,19). The summed E-state index contributed by atoms with van der Waals surface area (Å²) in [5.74, 6) is 1.31. The van der Waals surface area contributed by atoms with E-state index in [4.69, 9.17) is 17.3 Å². The van der Waals surface area contributed by atoms with Crippen LogP contribution in [0.3, 0.4) is 0 Å². The lowest BCUT2D eigenvalue weighted by atomic mass is 9.72. The van der Waals surface area contributed by atoms with Gasteiger partial charge in [0.1, 0.15) is 0 Å². The summed E-state index contributed by atoms with van der Waals surface area (Å²) >= 11 is 9.65. The van der Waals surface area contributed by atoms with Gasteiger partial charge in [-0.3, -0.25) is 4.99 Å². The molecule has 6 heteroatoms. The normalized spacial score (nSPS) is 34.6. The number of nitrogens with two attached hydrogens (primary N) is 1. The van der Waals surface area contributed by atoms with Crippen LogP contribution in [-0.2, 0) is 0 Å². The van der Waals surface area contributed by atoms with Crippen molar-refractivity contribution in [1.29, 1.82) is 0 Å². The molecular weight excluding hydrogens is 352 g/mol. The van der Waals surface area contributed by atoms with Crippen LogP contribution in [0.1, 0.15) is 12.8 Å². The fraction of sp³-hybridized carbons (Fsp3) is 0.533. The Balaban J connectivity index is 1.77. The van der Waals surface area contributed by atoms with Crippen molar-refractivity contribution in [3.05, 3.63) is 27.7 Å². The quantitative estimate of drug-likeness (QED) is 0.828. The number of nitrogens with zero attached hydrogens (tertiary/aromatic N) is 3. The molecule has 2 N–H and O–H groups in total. The highest BCUT2D eigenvalue weighted by Gasteiger charge is 2.54. The first kappa shape index (κ1) is 13.9. The summed E-state index contributed by atoms with van der Waals surface area (Å²) in [5.41, 5.74) is 7.36. The molecule has 4 aliphatic heterocycles. The predicted octanol–water partition coefficient (Wildman–Crippen LogP) is 2.70. The van der Waals surface area contributed by atoms with Crippen molar-refractivity contribution in [2.45, 2.75) is 18.4 Å². The van der Waals surface area contributed by atoms with Crippen LogP contribution >= 0.6 is 27.5 Å². The van der Waals surface area contributed by atoms with E-state index < -0.39 is 0 Å². The molecule has 4 nitrogen and oxygen atoms in total. The van der Waals surface area contributed by atoms with Gasteiger partial charge in [0, 0.05) is 16.7 Å². The molecule has 21 heavy (non-hydrogen) atoms. The maximum Gasteiger partial charge on any atom is 0.196 e. The molecule has 5 rings (SSSR count). The molecule has 0 aromatic heterocycles. The number of fused-ring (bicyclic) bond motifs is 2. The summed E-state index contributed by atoms with van der Waals surface area (Å²) in [6, 6.07) is 6.01. The van der Waals surface area contributed by atoms with E-state index in [1.165, 1.54) is 25.9 Å². The number of piperidine rings is 3. The van der Waals surface area contributed by atoms with Gasteiger partial charge in [-0.15, -0.1) is 0 Å². The Labute approximate surface area is 138 Å². The Hall–Kier alpha value is -0.780. The number of halogens is 2. The van der Waals surface area contributed by atoms with Gasteiger partial charge in [0.25, 0.3) is 0 Å². The van der Waals surface area contributed by atoms with E-state index >= 15 is 0 Å². The van der Waals surface area contributed by atoms with E-state index in [1.807, 2.05) is 12.1 Å². The van der Waals surface area contributed by atoms with Gasteiger partial charge in [-0.1, -0.05) is 11.6 Å². The maximum absolute atomic E-state index is 6.25. The van der Waals surface area contributed by atoms with E-state index in [0.717, 1.165) is 28.3 Å². The molecule has 0 radical (unpaired) electrons. The molecule has 4 aliphatic rings. The monoisotopic (exact) mass is 368 g/mol. The molecular formula is C15H18BrClN4. The van der Waals surface area contributed by atoms with E-state index in [2.05, 4.69) is 36.8 Å². The lowest BCUT2D eigenvalue weighted by Crippen LogP contribution is -2.68. The third kappa shape index (κ3) is 2.01. The van der Waals surface area contributed by atoms with Gasteiger partial charge in [-0.05, 0) is 66.0 Å². The second-order valence-electron chi connectivity index (χ2n) is 6.26. The van der Waals surface area contributed by atoms with Crippen molar-refractivity contribution in [3.8, 4) is 0 Å². The van der Waals surface area contributed by atoms with Crippen LogP contribution in [0.25, 0.3) is 0 Å². The van der Waals surface area contributed by atoms with Gasteiger partial charge in [-0.25, -0.2) is 0 Å². The number of guanidine groups is 1. The van der Waals surface area contributed by atoms with Gasteiger partial charge in [0.15, 0.2) is 5.96 Å². The summed E-state index contributed by atoms with van der Waals surface area (Å²) < 4.78 is 0.901. The molecule has 0 aliphatic carbocycles. The first-order valence-corrected chi connectivity index (χ1v) is 8.55. The van der Waals surface area contributed by atoms with E-state index in [0.29, 0.717) is 11.9 Å². The topological polar surface area (TPSA) is 44.9 Å². The van der Waals surface area contributed by atoms with Crippen molar-refractivity contribution >= 4 is 39.2 Å². The van der Waals surface area contributed by atoms with Gasteiger partial charge < -0.3 is 15.5 Å². The van der Waals surface area contributed by atoms with Crippen LogP contribution < -0.4 is 10.6 Å². The van der Waals surface area contributed by atoms with Gasteiger partial charge >= 0.3 is 0 Å². The Bertz CT molecular complexity index is 612. The molecule has 1 aromatic carbocycles. The van der Waals surface area contributed by atoms with Crippen LogP contribution in [0.5, 0.6) is 0 Å². The molecule has 1 aromatic rings. The first-order valence-electron chi connectivity index (χ1n) is 7.38. The summed E-state index contributed by atoms with van der Waals surface area (Å²) in [4.78, 5) is 9.39. The van der Waals surface area contributed by atoms with Gasteiger partial charge in [0.2, 0.25) is 0 Å². The molecule has 4 heterocycles.